The molecule has 0 radical (unpaired) electrons. The number of methoxy groups -OCH3 is 1. The van der Waals surface area contributed by atoms with Crippen molar-refractivity contribution in [1.82, 2.24) is 5.32 Å². The molecule has 2 aromatic rings. The molecule has 1 saturated heterocycles. The predicted octanol–water partition coefficient (Wildman–Crippen LogP) is 3.48. The number of carbonyl (C=O) groups excluding carboxylic acids is 1. The summed E-state index contributed by atoms with van der Waals surface area (Å²) < 4.78 is 31.0. The Kier molecular flexibility index (Phi) is 8.21. The van der Waals surface area contributed by atoms with Crippen LogP contribution in [-0.2, 0) is 14.8 Å². The van der Waals surface area contributed by atoms with Gasteiger partial charge in [0.05, 0.1) is 24.3 Å². The van der Waals surface area contributed by atoms with E-state index in [4.69, 9.17) is 4.74 Å². The van der Waals surface area contributed by atoms with Gasteiger partial charge in [-0.2, -0.15) is 0 Å². The van der Waals surface area contributed by atoms with Crippen LogP contribution in [0.1, 0.15) is 38.3 Å². The first-order valence-corrected chi connectivity index (χ1v) is 13.3. The third kappa shape index (κ3) is 6.62. The van der Waals surface area contributed by atoms with Crippen LogP contribution in [0.5, 0.6) is 5.75 Å². The Bertz CT molecular complexity index is 1160. The minimum Gasteiger partial charge on any atom is -0.495 e. The second kappa shape index (κ2) is 10.9. The lowest BCUT2D eigenvalue weighted by atomic mass is 9.98. The fraction of sp³-hybridized carbons (Fsp3) is 0.458. The van der Waals surface area contributed by atoms with Crippen LogP contribution in [0.2, 0.25) is 0 Å². The van der Waals surface area contributed by atoms with Crippen molar-refractivity contribution in [2.45, 2.75) is 32.7 Å². The zero-order valence-electron chi connectivity index (χ0n) is 20.4. The maximum Gasteiger partial charge on any atom is 0.271 e. The number of nitro groups is 1. The molecule has 3 rings (SSSR count). The Hall–Kier alpha value is -3.34. The summed E-state index contributed by atoms with van der Waals surface area (Å²) in [7, 11) is -2.63. The smallest absolute Gasteiger partial charge is 0.271 e. The predicted molar refractivity (Wildman–Crippen MR) is 135 cm³/mol. The number of non-ortho nitro benzene ring substituents is 1. The molecule has 2 aromatic carbocycles. The third-order valence-corrected chi connectivity index (χ3v) is 7.38. The third-order valence-electron chi connectivity index (χ3n) is 6.25. The molecule has 1 atom stereocenters. The molecule has 11 heteroatoms. The van der Waals surface area contributed by atoms with Crippen LogP contribution in [0.3, 0.4) is 0 Å². The summed E-state index contributed by atoms with van der Waals surface area (Å²) in [5, 5.41) is 14.0. The van der Waals surface area contributed by atoms with E-state index in [1.54, 1.807) is 0 Å². The van der Waals surface area contributed by atoms with E-state index in [0.29, 0.717) is 0 Å². The van der Waals surface area contributed by atoms with E-state index in [0.717, 1.165) is 46.9 Å². The first-order chi connectivity index (χ1) is 16.5. The van der Waals surface area contributed by atoms with Crippen LogP contribution in [0.15, 0.2) is 42.5 Å². The van der Waals surface area contributed by atoms with Crippen molar-refractivity contribution < 1.29 is 22.9 Å². The lowest BCUT2D eigenvalue weighted by molar-refractivity contribution is -0.384. The van der Waals surface area contributed by atoms with Gasteiger partial charge in [0.25, 0.3) is 5.69 Å². The normalized spacial score (nSPS) is 15.4. The fourth-order valence-electron chi connectivity index (χ4n) is 4.11. The number of nitrogens with zero attached hydrogens (tertiary/aromatic N) is 3. The molecule has 1 aliphatic rings. The summed E-state index contributed by atoms with van der Waals surface area (Å²) in [5.41, 5.74) is 1.63. The van der Waals surface area contributed by atoms with E-state index in [1.165, 1.54) is 32.1 Å². The molecule has 1 fully saturated rings. The first-order valence-electron chi connectivity index (χ1n) is 11.4. The molecule has 0 aromatic heterocycles. The van der Waals surface area contributed by atoms with Gasteiger partial charge in [0.2, 0.25) is 15.9 Å². The molecular formula is C24H32N4O6S. The van der Waals surface area contributed by atoms with Crippen LogP contribution in [0, 0.1) is 16.0 Å². The van der Waals surface area contributed by atoms with E-state index < -0.39 is 27.4 Å². The number of anilines is 2. The molecule has 1 aliphatic heterocycles. The summed E-state index contributed by atoms with van der Waals surface area (Å²) in [6, 6.07) is 11.2. The highest BCUT2D eigenvalue weighted by Crippen LogP contribution is 2.33. The molecule has 1 unspecified atom stereocenters. The molecule has 10 nitrogen and oxygen atoms in total. The Balaban J connectivity index is 1.73. The molecule has 0 aliphatic carbocycles. The highest BCUT2D eigenvalue weighted by molar-refractivity contribution is 7.92. The number of carbonyl (C=O) groups is 1. The molecule has 0 spiro atoms. The van der Waals surface area contributed by atoms with E-state index in [-0.39, 0.29) is 23.2 Å². The van der Waals surface area contributed by atoms with Crippen molar-refractivity contribution in [3.63, 3.8) is 0 Å². The number of sulfonamides is 1. The summed E-state index contributed by atoms with van der Waals surface area (Å²) in [6.07, 6.45) is 3.27. The average Bonchev–Trinajstić information content (AvgIpc) is 2.82. The minimum atomic E-state index is -3.95. The molecule has 0 saturated carbocycles. The number of nitrogens with one attached hydrogen (secondary N) is 1. The number of ether oxygens (including phenoxy) is 1. The number of benzene rings is 2. The number of rotatable bonds is 9. The standard InChI is InChI=1S/C24H32N4O6S/c1-17-11-13-26(14-12-17)20-7-5-19(6-8-20)18(2)25-24(29)16-27(35(4,32)33)22-15-21(28(30)31)9-10-23(22)34-3/h5-10,15,17-18H,11-14,16H2,1-4H3,(H,25,29). The topological polar surface area (TPSA) is 122 Å². The van der Waals surface area contributed by atoms with Gasteiger partial charge in [0, 0.05) is 30.9 Å². The van der Waals surface area contributed by atoms with Crippen molar-refractivity contribution in [2.75, 3.05) is 42.2 Å². The molecule has 0 bridgehead atoms. The summed E-state index contributed by atoms with van der Waals surface area (Å²) in [6.45, 7) is 5.58. The Morgan fingerprint density at radius 3 is 2.40 bits per heavy atom. The van der Waals surface area contributed by atoms with Crippen molar-refractivity contribution in [3.05, 3.63) is 58.1 Å². The monoisotopic (exact) mass is 504 g/mol. The Labute approximate surface area is 206 Å². The quantitative estimate of drug-likeness (QED) is 0.410. The number of hydrogen-bond acceptors (Lipinski definition) is 7. The molecule has 1 amide bonds. The number of piperidine rings is 1. The largest absolute Gasteiger partial charge is 0.495 e. The van der Waals surface area contributed by atoms with E-state index in [9.17, 15) is 23.3 Å². The van der Waals surface area contributed by atoms with Gasteiger partial charge in [-0.15, -0.1) is 0 Å². The van der Waals surface area contributed by atoms with Crippen molar-refractivity contribution in [1.29, 1.82) is 0 Å². The van der Waals surface area contributed by atoms with Crippen LogP contribution < -0.4 is 19.3 Å². The highest BCUT2D eigenvalue weighted by atomic mass is 32.2. The van der Waals surface area contributed by atoms with Gasteiger partial charge in [0.1, 0.15) is 18.0 Å². The number of amides is 1. The van der Waals surface area contributed by atoms with Gasteiger partial charge in [-0.25, -0.2) is 8.42 Å². The lowest BCUT2D eigenvalue weighted by Crippen LogP contribution is -2.41. The lowest BCUT2D eigenvalue weighted by Gasteiger charge is -2.32. The maximum atomic E-state index is 12.8. The van der Waals surface area contributed by atoms with Gasteiger partial charge in [-0.1, -0.05) is 19.1 Å². The van der Waals surface area contributed by atoms with Crippen LogP contribution >= 0.6 is 0 Å². The Morgan fingerprint density at radius 2 is 1.86 bits per heavy atom. The van der Waals surface area contributed by atoms with Gasteiger partial charge in [-0.3, -0.25) is 19.2 Å². The molecule has 190 valence electrons. The SMILES string of the molecule is COc1ccc([N+](=O)[O-])cc1N(CC(=O)NC(C)c1ccc(N2CCC(C)CC2)cc1)S(C)(=O)=O. The summed E-state index contributed by atoms with van der Waals surface area (Å²) in [5.74, 6) is 0.296. The maximum absolute atomic E-state index is 12.8. The summed E-state index contributed by atoms with van der Waals surface area (Å²) >= 11 is 0. The minimum absolute atomic E-state index is 0.0767. The van der Waals surface area contributed by atoms with Crippen LogP contribution in [-0.4, -0.2) is 52.2 Å². The molecular weight excluding hydrogens is 472 g/mol. The molecule has 1 heterocycles. The zero-order chi connectivity index (χ0) is 25.8. The van der Waals surface area contributed by atoms with Gasteiger partial charge in [-0.05, 0) is 49.4 Å². The second-order valence-electron chi connectivity index (χ2n) is 8.93. The van der Waals surface area contributed by atoms with Crippen molar-refractivity contribution >= 4 is 33.0 Å². The van der Waals surface area contributed by atoms with Crippen molar-refractivity contribution in [2.24, 2.45) is 5.92 Å². The fourth-order valence-corrected chi connectivity index (χ4v) is 4.96. The summed E-state index contributed by atoms with van der Waals surface area (Å²) in [4.78, 5) is 25.7. The molecule has 35 heavy (non-hydrogen) atoms. The highest BCUT2D eigenvalue weighted by Gasteiger charge is 2.27. The van der Waals surface area contributed by atoms with E-state index >= 15 is 0 Å². The number of nitro benzene ring substituents is 1. The Morgan fingerprint density at radius 1 is 1.23 bits per heavy atom. The van der Waals surface area contributed by atoms with Gasteiger partial charge in [0.15, 0.2) is 0 Å². The van der Waals surface area contributed by atoms with Gasteiger partial charge < -0.3 is 15.0 Å². The molecule has 1 N–H and O–H groups in total. The first kappa shape index (κ1) is 26.3. The van der Waals surface area contributed by atoms with Gasteiger partial charge >= 0.3 is 0 Å². The van der Waals surface area contributed by atoms with E-state index in [2.05, 4.69) is 17.1 Å². The van der Waals surface area contributed by atoms with Crippen LogP contribution in [0.25, 0.3) is 0 Å². The van der Waals surface area contributed by atoms with Crippen LogP contribution in [0.4, 0.5) is 17.1 Å². The number of hydrogen-bond donors (Lipinski definition) is 1. The van der Waals surface area contributed by atoms with Crippen molar-refractivity contribution in [3.8, 4) is 5.75 Å². The zero-order valence-corrected chi connectivity index (χ0v) is 21.2. The van der Waals surface area contributed by atoms with E-state index in [1.807, 2.05) is 31.2 Å². The average molecular weight is 505 g/mol. The second-order valence-corrected chi connectivity index (χ2v) is 10.8.